The lowest BCUT2D eigenvalue weighted by Gasteiger charge is -2.10. The van der Waals surface area contributed by atoms with E-state index in [0.717, 1.165) is 18.2 Å². The van der Waals surface area contributed by atoms with Gasteiger partial charge in [0.25, 0.3) is 10.0 Å². The number of nitrogens with zero attached hydrogens (tertiary/aromatic N) is 1. The highest BCUT2D eigenvalue weighted by molar-refractivity contribution is 7.92. The number of hydrogen-bond donors (Lipinski definition) is 2. The van der Waals surface area contributed by atoms with Crippen molar-refractivity contribution in [3.8, 4) is 0 Å². The van der Waals surface area contributed by atoms with Crippen LogP contribution in [0.5, 0.6) is 0 Å². The summed E-state index contributed by atoms with van der Waals surface area (Å²) in [6, 6.07) is 8.81. The molecule has 0 saturated carbocycles. The van der Waals surface area contributed by atoms with Gasteiger partial charge in [0, 0.05) is 0 Å². The molecule has 2 aromatic carbocycles. The van der Waals surface area contributed by atoms with Gasteiger partial charge in [0.05, 0.1) is 16.3 Å². The molecular weight excluding hydrogens is 301 g/mol. The van der Waals surface area contributed by atoms with E-state index >= 15 is 0 Å². The van der Waals surface area contributed by atoms with Crippen molar-refractivity contribution in [1.82, 2.24) is 0 Å². The van der Waals surface area contributed by atoms with Gasteiger partial charge in [-0.15, -0.1) is 0 Å². The quantitative estimate of drug-likeness (QED) is 0.510. The fraction of sp³-hybridized carbons (Fsp3) is 0. The molecule has 7 nitrogen and oxygen atoms in total. The second-order valence-electron chi connectivity index (χ2n) is 4.04. The molecule has 0 bridgehead atoms. The third kappa shape index (κ3) is 2.92. The molecule has 0 unspecified atom stereocenters. The second-order valence-corrected chi connectivity index (χ2v) is 5.69. The van der Waals surface area contributed by atoms with E-state index in [1.54, 1.807) is 6.07 Å². The molecule has 3 N–H and O–H groups in total. The Bertz CT molecular complexity index is 808. The lowest BCUT2D eigenvalue weighted by atomic mass is 10.3. The van der Waals surface area contributed by atoms with Crippen molar-refractivity contribution in [2.45, 2.75) is 4.90 Å². The van der Waals surface area contributed by atoms with Crippen LogP contribution in [0.4, 0.5) is 21.5 Å². The third-order valence-corrected chi connectivity index (χ3v) is 4.02. The van der Waals surface area contributed by atoms with Crippen LogP contribution in [0.1, 0.15) is 0 Å². The summed E-state index contributed by atoms with van der Waals surface area (Å²) < 4.78 is 40.0. The molecule has 9 heteroatoms. The van der Waals surface area contributed by atoms with Crippen LogP contribution < -0.4 is 10.5 Å². The second kappa shape index (κ2) is 5.37. The minimum Gasteiger partial charge on any atom is -0.397 e. The topological polar surface area (TPSA) is 115 Å². The first kappa shape index (κ1) is 14.7. The summed E-state index contributed by atoms with van der Waals surface area (Å²) >= 11 is 0. The first-order valence-corrected chi connectivity index (χ1v) is 7.11. The van der Waals surface area contributed by atoms with Crippen LogP contribution in [0.25, 0.3) is 0 Å². The molecule has 0 aliphatic rings. The Morgan fingerprint density at radius 2 is 1.81 bits per heavy atom. The van der Waals surface area contributed by atoms with Crippen molar-refractivity contribution in [1.29, 1.82) is 0 Å². The van der Waals surface area contributed by atoms with Gasteiger partial charge in [-0.1, -0.05) is 18.2 Å². The summed E-state index contributed by atoms with van der Waals surface area (Å²) in [5.41, 5.74) is 4.68. The zero-order valence-corrected chi connectivity index (χ0v) is 11.3. The molecule has 2 rings (SSSR count). The van der Waals surface area contributed by atoms with E-state index in [9.17, 15) is 22.9 Å². The molecule has 0 spiro atoms. The van der Waals surface area contributed by atoms with Crippen LogP contribution in [-0.2, 0) is 10.0 Å². The average molecular weight is 311 g/mol. The molecule has 0 aromatic heterocycles. The van der Waals surface area contributed by atoms with Gasteiger partial charge in [-0.05, 0) is 24.3 Å². The van der Waals surface area contributed by atoms with Gasteiger partial charge in [0.15, 0.2) is 4.90 Å². The molecule has 0 amide bonds. The number of rotatable bonds is 4. The number of benzene rings is 2. The predicted octanol–water partition coefficient (Wildman–Crippen LogP) is 2.12. The summed E-state index contributed by atoms with van der Waals surface area (Å²) in [5, 5.41) is 10.9. The van der Waals surface area contributed by atoms with Crippen LogP contribution in [0.2, 0.25) is 0 Å². The molecule has 0 aliphatic carbocycles. The fourth-order valence-electron chi connectivity index (χ4n) is 1.68. The standard InChI is InChI=1S/C12H10FN3O4S/c13-8-4-3-7-11(12(8)16(17)18)21(19,20)15-10-6-2-1-5-9(10)14/h1-7,15H,14H2. The number of sulfonamides is 1. The smallest absolute Gasteiger partial charge is 0.325 e. The highest BCUT2D eigenvalue weighted by Gasteiger charge is 2.29. The zero-order valence-electron chi connectivity index (χ0n) is 10.5. The normalized spacial score (nSPS) is 11.1. The number of hydrogen-bond acceptors (Lipinski definition) is 5. The van der Waals surface area contributed by atoms with Crippen molar-refractivity contribution in [3.05, 3.63) is 58.4 Å². The van der Waals surface area contributed by atoms with Crippen molar-refractivity contribution in [2.24, 2.45) is 0 Å². The van der Waals surface area contributed by atoms with Crippen LogP contribution in [0.15, 0.2) is 47.4 Å². The number of anilines is 2. The van der Waals surface area contributed by atoms with Crippen molar-refractivity contribution in [2.75, 3.05) is 10.5 Å². The highest BCUT2D eigenvalue weighted by atomic mass is 32.2. The number of nitrogens with one attached hydrogen (secondary N) is 1. The zero-order chi connectivity index (χ0) is 15.6. The number of nitrogen functional groups attached to an aromatic ring is 1. The van der Waals surface area contributed by atoms with E-state index in [2.05, 4.69) is 4.72 Å². The number of nitro groups is 1. The largest absolute Gasteiger partial charge is 0.397 e. The minimum absolute atomic E-state index is 0.0519. The highest BCUT2D eigenvalue weighted by Crippen LogP contribution is 2.29. The van der Waals surface area contributed by atoms with Gasteiger partial charge in [-0.25, -0.2) is 8.42 Å². The minimum atomic E-state index is -4.35. The van der Waals surface area contributed by atoms with Gasteiger partial charge < -0.3 is 5.73 Å². The summed E-state index contributed by atoms with van der Waals surface area (Å²) in [4.78, 5) is 9.00. The summed E-state index contributed by atoms with van der Waals surface area (Å²) in [7, 11) is -4.35. The Morgan fingerprint density at radius 3 is 2.43 bits per heavy atom. The third-order valence-electron chi connectivity index (χ3n) is 2.63. The summed E-state index contributed by atoms with van der Waals surface area (Å²) in [6.45, 7) is 0. The Hall–Kier alpha value is -2.68. The van der Waals surface area contributed by atoms with Crippen LogP contribution >= 0.6 is 0 Å². The molecule has 110 valence electrons. The molecule has 0 saturated heterocycles. The summed E-state index contributed by atoms with van der Waals surface area (Å²) in [6.07, 6.45) is 0. The fourth-order valence-corrected chi connectivity index (χ4v) is 2.95. The maximum atomic E-state index is 13.5. The van der Waals surface area contributed by atoms with Crippen LogP contribution in [0.3, 0.4) is 0 Å². The lowest BCUT2D eigenvalue weighted by molar-refractivity contribution is -0.390. The summed E-state index contributed by atoms with van der Waals surface area (Å²) in [5.74, 6) is -1.23. The first-order chi connectivity index (χ1) is 9.83. The monoisotopic (exact) mass is 311 g/mol. The van der Waals surface area contributed by atoms with Gasteiger partial charge in [-0.2, -0.15) is 4.39 Å². The van der Waals surface area contributed by atoms with Gasteiger partial charge >= 0.3 is 5.69 Å². The number of nitro benzene ring substituents is 1. The Kier molecular flexibility index (Phi) is 3.76. The number of halogens is 1. The van der Waals surface area contributed by atoms with E-state index in [0.29, 0.717) is 0 Å². The van der Waals surface area contributed by atoms with Crippen LogP contribution in [-0.4, -0.2) is 13.3 Å². The molecule has 2 aromatic rings. The lowest BCUT2D eigenvalue weighted by Crippen LogP contribution is -2.16. The number of para-hydroxylation sites is 3. The predicted molar refractivity (Wildman–Crippen MR) is 74.7 cm³/mol. The van der Waals surface area contributed by atoms with Crippen molar-refractivity contribution >= 4 is 27.1 Å². The Labute approximate surface area is 119 Å². The molecule has 0 atom stereocenters. The Morgan fingerprint density at radius 1 is 1.14 bits per heavy atom. The molecule has 0 fully saturated rings. The van der Waals surface area contributed by atoms with Gasteiger partial charge in [0.2, 0.25) is 5.82 Å². The number of nitrogens with two attached hydrogens (primary N) is 1. The van der Waals surface area contributed by atoms with Crippen molar-refractivity contribution < 1.29 is 17.7 Å². The molecule has 0 aliphatic heterocycles. The Balaban J connectivity index is 2.53. The average Bonchev–Trinajstić information content (AvgIpc) is 2.40. The maximum Gasteiger partial charge on any atom is 0.325 e. The van der Waals surface area contributed by atoms with Crippen molar-refractivity contribution in [3.63, 3.8) is 0 Å². The first-order valence-electron chi connectivity index (χ1n) is 5.63. The molecule has 0 radical (unpaired) electrons. The van der Waals surface area contributed by atoms with E-state index < -0.39 is 31.3 Å². The molecule has 21 heavy (non-hydrogen) atoms. The van der Waals surface area contributed by atoms with E-state index in [-0.39, 0.29) is 11.4 Å². The van der Waals surface area contributed by atoms with E-state index in [1.165, 1.54) is 18.2 Å². The van der Waals surface area contributed by atoms with Gasteiger partial charge in [-0.3, -0.25) is 14.8 Å². The van der Waals surface area contributed by atoms with E-state index in [1.807, 2.05) is 0 Å². The van der Waals surface area contributed by atoms with Crippen LogP contribution in [0, 0.1) is 15.9 Å². The molecular formula is C12H10FN3O4S. The maximum absolute atomic E-state index is 13.5. The molecule has 0 heterocycles. The van der Waals surface area contributed by atoms with Gasteiger partial charge in [0.1, 0.15) is 0 Å². The SMILES string of the molecule is Nc1ccccc1NS(=O)(=O)c1cccc(F)c1[N+](=O)[O-]. The van der Waals surface area contributed by atoms with E-state index in [4.69, 9.17) is 5.73 Å².